The van der Waals surface area contributed by atoms with Gasteiger partial charge in [0.05, 0.1) is 15.9 Å². The maximum atomic E-state index is 5.73. The lowest BCUT2D eigenvalue weighted by atomic mass is 10.2. The Morgan fingerprint density at radius 1 is 1.30 bits per heavy atom. The van der Waals surface area contributed by atoms with E-state index in [9.17, 15) is 0 Å². The van der Waals surface area contributed by atoms with Crippen LogP contribution in [0.15, 0.2) is 24.3 Å². The molecule has 2 heterocycles. The average Bonchev–Trinajstić information content (AvgIpc) is 3.11. The summed E-state index contributed by atoms with van der Waals surface area (Å²) in [5.41, 5.74) is 10.6. The normalized spacial score (nSPS) is 14.1. The second-order valence-electron chi connectivity index (χ2n) is 5.43. The molecule has 2 N–H and O–H groups in total. The van der Waals surface area contributed by atoms with Gasteiger partial charge < -0.3 is 10.3 Å². The Morgan fingerprint density at radius 2 is 2.20 bits per heavy atom. The maximum absolute atomic E-state index is 5.73. The summed E-state index contributed by atoms with van der Waals surface area (Å²) in [7, 11) is 2.09. The van der Waals surface area contributed by atoms with Crippen LogP contribution in [0.25, 0.3) is 21.7 Å². The van der Waals surface area contributed by atoms with E-state index in [-0.39, 0.29) is 0 Å². The van der Waals surface area contributed by atoms with Crippen molar-refractivity contribution in [1.82, 2.24) is 9.55 Å². The summed E-state index contributed by atoms with van der Waals surface area (Å²) >= 11 is 1.91. The number of hydrogen-bond acceptors (Lipinski definition) is 3. The number of hydrogen-bond donors (Lipinski definition) is 1. The fourth-order valence-electron chi connectivity index (χ4n) is 3.02. The van der Waals surface area contributed by atoms with Crippen molar-refractivity contribution in [3.05, 3.63) is 40.3 Å². The van der Waals surface area contributed by atoms with Gasteiger partial charge in [-0.2, -0.15) is 0 Å². The van der Waals surface area contributed by atoms with Gasteiger partial charge in [-0.1, -0.05) is 6.07 Å². The molecule has 20 heavy (non-hydrogen) atoms. The monoisotopic (exact) mass is 283 g/mol. The first kappa shape index (κ1) is 12.1. The summed E-state index contributed by atoms with van der Waals surface area (Å²) in [6.45, 7) is 0.573. The van der Waals surface area contributed by atoms with Gasteiger partial charge in [-0.15, -0.1) is 11.3 Å². The minimum atomic E-state index is 0.573. The van der Waals surface area contributed by atoms with E-state index in [0.717, 1.165) is 22.4 Å². The SMILES string of the molecule is Cn1c(-c2cc3c(s2)CCC3)nc2ccc(CN)cc21. The fraction of sp³-hybridized carbons (Fsp3) is 0.312. The van der Waals surface area contributed by atoms with Crippen LogP contribution in [0.3, 0.4) is 0 Å². The van der Waals surface area contributed by atoms with Gasteiger partial charge >= 0.3 is 0 Å². The summed E-state index contributed by atoms with van der Waals surface area (Å²) in [4.78, 5) is 7.65. The van der Waals surface area contributed by atoms with E-state index in [4.69, 9.17) is 10.7 Å². The van der Waals surface area contributed by atoms with Crippen LogP contribution in [0.2, 0.25) is 0 Å². The lowest BCUT2D eigenvalue weighted by Crippen LogP contribution is -1.96. The number of benzene rings is 1. The number of nitrogens with two attached hydrogens (primary N) is 1. The van der Waals surface area contributed by atoms with E-state index < -0.39 is 0 Å². The van der Waals surface area contributed by atoms with Gasteiger partial charge in [0.25, 0.3) is 0 Å². The quantitative estimate of drug-likeness (QED) is 0.784. The van der Waals surface area contributed by atoms with E-state index in [1.54, 1.807) is 4.88 Å². The Hall–Kier alpha value is -1.65. The van der Waals surface area contributed by atoms with Gasteiger partial charge in [0.15, 0.2) is 5.82 Å². The van der Waals surface area contributed by atoms with E-state index >= 15 is 0 Å². The minimum absolute atomic E-state index is 0.573. The van der Waals surface area contributed by atoms with Crippen LogP contribution in [0.5, 0.6) is 0 Å². The molecule has 1 aliphatic rings. The van der Waals surface area contributed by atoms with Crippen LogP contribution in [-0.4, -0.2) is 9.55 Å². The molecule has 0 saturated carbocycles. The number of thiophene rings is 1. The number of aryl methyl sites for hydroxylation is 3. The number of nitrogens with zero attached hydrogens (tertiary/aromatic N) is 2. The van der Waals surface area contributed by atoms with Crippen LogP contribution in [-0.2, 0) is 26.4 Å². The molecule has 4 heteroatoms. The molecular formula is C16H17N3S. The molecule has 0 fully saturated rings. The van der Waals surface area contributed by atoms with E-state index in [1.165, 1.54) is 29.7 Å². The van der Waals surface area contributed by atoms with E-state index in [0.29, 0.717) is 6.54 Å². The highest BCUT2D eigenvalue weighted by atomic mass is 32.1. The zero-order chi connectivity index (χ0) is 13.7. The Kier molecular flexibility index (Phi) is 2.69. The van der Waals surface area contributed by atoms with Gasteiger partial charge in [-0.3, -0.25) is 0 Å². The zero-order valence-corrected chi connectivity index (χ0v) is 12.3. The second kappa shape index (κ2) is 4.43. The van der Waals surface area contributed by atoms with Gasteiger partial charge in [0.2, 0.25) is 0 Å². The number of rotatable bonds is 2. The summed E-state index contributed by atoms with van der Waals surface area (Å²) in [5.74, 6) is 1.08. The summed E-state index contributed by atoms with van der Waals surface area (Å²) in [6.07, 6.45) is 3.78. The summed E-state index contributed by atoms with van der Waals surface area (Å²) in [5, 5.41) is 0. The molecular weight excluding hydrogens is 266 g/mol. The van der Waals surface area contributed by atoms with Crippen molar-refractivity contribution in [2.75, 3.05) is 0 Å². The largest absolute Gasteiger partial charge is 0.326 e. The van der Waals surface area contributed by atoms with Crippen LogP contribution in [0.4, 0.5) is 0 Å². The first-order valence-corrected chi connectivity index (χ1v) is 7.85. The highest BCUT2D eigenvalue weighted by Crippen LogP contribution is 2.37. The zero-order valence-electron chi connectivity index (χ0n) is 11.5. The highest BCUT2D eigenvalue weighted by Gasteiger charge is 2.18. The standard InChI is InChI=1S/C16H17N3S/c1-19-13-7-10(9-17)5-6-12(13)18-16(19)15-8-11-3-2-4-14(11)20-15/h5-8H,2-4,9,17H2,1H3. The van der Waals surface area contributed by atoms with Crippen LogP contribution < -0.4 is 5.73 Å². The third-order valence-corrected chi connectivity index (χ3v) is 5.38. The highest BCUT2D eigenvalue weighted by molar-refractivity contribution is 7.15. The number of fused-ring (bicyclic) bond motifs is 2. The Balaban J connectivity index is 1.88. The molecule has 3 nitrogen and oxygen atoms in total. The Labute approximate surface area is 122 Å². The molecule has 0 atom stereocenters. The van der Waals surface area contributed by atoms with Crippen LogP contribution in [0.1, 0.15) is 22.4 Å². The molecule has 2 aromatic heterocycles. The molecule has 1 aliphatic carbocycles. The van der Waals surface area contributed by atoms with Crippen molar-refractivity contribution in [3.8, 4) is 10.7 Å². The molecule has 0 saturated heterocycles. The van der Waals surface area contributed by atoms with Crippen LogP contribution in [0, 0.1) is 0 Å². The molecule has 102 valence electrons. The molecule has 3 aromatic rings. The minimum Gasteiger partial charge on any atom is -0.326 e. The summed E-state index contributed by atoms with van der Waals surface area (Å²) in [6, 6.07) is 8.61. The van der Waals surface area contributed by atoms with E-state index in [2.05, 4.69) is 35.9 Å². The average molecular weight is 283 g/mol. The summed E-state index contributed by atoms with van der Waals surface area (Å²) < 4.78 is 2.19. The van der Waals surface area contributed by atoms with E-state index in [1.807, 2.05) is 11.3 Å². The van der Waals surface area contributed by atoms with Crippen molar-refractivity contribution >= 4 is 22.4 Å². The second-order valence-corrected chi connectivity index (χ2v) is 6.57. The molecule has 4 rings (SSSR count). The lowest BCUT2D eigenvalue weighted by molar-refractivity contribution is 0.914. The predicted molar refractivity (Wildman–Crippen MR) is 83.9 cm³/mol. The maximum Gasteiger partial charge on any atom is 0.150 e. The van der Waals surface area contributed by atoms with Gasteiger partial charge in [-0.25, -0.2) is 4.98 Å². The molecule has 0 aliphatic heterocycles. The van der Waals surface area contributed by atoms with Gasteiger partial charge in [0, 0.05) is 18.5 Å². The molecule has 0 unspecified atom stereocenters. The first-order valence-electron chi connectivity index (χ1n) is 7.03. The fourth-order valence-corrected chi connectivity index (χ4v) is 4.30. The van der Waals surface area contributed by atoms with Crippen molar-refractivity contribution in [2.45, 2.75) is 25.8 Å². The number of aromatic nitrogens is 2. The Bertz CT molecular complexity index is 776. The van der Waals surface area contributed by atoms with Crippen molar-refractivity contribution in [2.24, 2.45) is 12.8 Å². The van der Waals surface area contributed by atoms with Gasteiger partial charge in [-0.05, 0) is 48.6 Å². The molecule has 0 amide bonds. The molecule has 0 radical (unpaired) electrons. The molecule has 0 bridgehead atoms. The molecule has 1 aromatic carbocycles. The smallest absolute Gasteiger partial charge is 0.150 e. The topological polar surface area (TPSA) is 43.8 Å². The lowest BCUT2D eigenvalue weighted by Gasteiger charge is -2.01. The van der Waals surface area contributed by atoms with Crippen molar-refractivity contribution in [1.29, 1.82) is 0 Å². The van der Waals surface area contributed by atoms with Crippen molar-refractivity contribution < 1.29 is 0 Å². The van der Waals surface area contributed by atoms with Crippen LogP contribution >= 0.6 is 11.3 Å². The van der Waals surface area contributed by atoms with Crippen molar-refractivity contribution in [3.63, 3.8) is 0 Å². The first-order chi connectivity index (χ1) is 9.76. The van der Waals surface area contributed by atoms with Gasteiger partial charge in [0.1, 0.15) is 0 Å². The number of imidazole rings is 1. The molecule has 0 spiro atoms. The predicted octanol–water partition coefficient (Wildman–Crippen LogP) is 3.25. The third-order valence-electron chi connectivity index (χ3n) is 4.15. The Morgan fingerprint density at radius 3 is 3.00 bits per heavy atom. The third kappa shape index (κ3) is 1.72.